The Morgan fingerprint density at radius 2 is 2.06 bits per heavy atom. The lowest BCUT2D eigenvalue weighted by atomic mass is 10.3. The first kappa shape index (κ1) is 14.4. The molecule has 0 aromatic carbocycles. The second-order valence-corrected chi connectivity index (χ2v) is 4.24. The van der Waals surface area contributed by atoms with Crippen molar-refractivity contribution in [1.82, 2.24) is 10.3 Å². The lowest BCUT2D eigenvalue weighted by molar-refractivity contribution is -0.141. The summed E-state index contributed by atoms with van der Waals surface area (Å²) in [6, 6.07) is 0. The SMILES string of the molecule is O=C(O)CCC(=O)NCc1nc(C(F)(F)F)cs1. The van der Waals surface area contributed by atoms with Gasteiger partial charge in [0.1, 0.15) is 5.01 Å². The second kappa shape index (κ2) is 5.80. The number of carbonyl (C=O) groups excluding carboxylic acids is 1. The normalized spacial score (nSPS) is 11.3. The predicted octanol–water partition coefficient (Wildman–Crippen LogP) is 1.64. The van der Waals surface area contributed by atoms with Gasteiger partial charge in [0, 0.05) is 11.8 Å². The lowest BCUT2D eigenvalue weighted by Crippen LogP contribution is -2.23. The zero-order valence-corrected chi connectivity index (χ0v) is 9.77. The zero-order chi connectivity index (χ0) is 13.8. The molecule has 0 atom stereocenters. The molecule has 0 saturated heterocycles. The zero-order valence-electron chi connectivity index (χ0n) is 8.95. The third-order valence-electron chi connectivity index (χ3n) is 1.84. The third-order valence-corrected chi connectivity index (χ3v) is 2.69. The van der Waals surface area contributed by atoms with Crippen molar-refractivity contribution < 1.29 is 27.9 Å². The average Bonchev–Trinajstić information content (AvgIpc) is 2.71. The maximum Gasteiger partial charge on any atom is 0.434 e. The molecule has 1 aromatic rings. The number of hydrogen-bond donors (Lipinski definition) is 2. The van der Waals surface area contributed by atoms with Crippen LogP contribution in [0, 0.1) is 0 Å². The summed E-state index contributed by atoms with van der Waals surface area (Å²) in [4.78, 5) is 24.6. The molecule has 0 spiro atoms. The first-order valence-corrected chi connectivity index (χ1v) is 5.67. The Labute approximate surface area is 104 Å². The Morgan fingerprint density at radius 3 is 2.56 bits per heavy atom. The highest BCUT2D eigenvalue weighted by Gasteiger charge is 2.33. The van der Waals surface area contributed by atoms with Crippen LogP contribution >= 0.6 is 11.3 Å². The number of carbonyl (C=O) groups is 2. The van der Waals surface area contributed by atoms with Crippen LogP contribution in [-0.2, 0) is 22.3 Å². The van der Waals surface area contributed by atoms with E-state index in [0.29, 0.717) is 0 Å². The van der Waals surface area contributed by atoms with E-state index in [0.717, 1.165) is 16.7 Å². The van der Waals surface area contributed by atoms with Crippen LogP contribution in [0.25, 0.3) is 0 Å². The van der Waals surface area contributed by atoms with Gasteiger partial charge in [0.05, 0.1) is 13.0 Å². The number of amides is 1. The van der Waals surface area contributed by atoms with Gasteiger partial charge >= 0.3 is 12.1 Å². The Bertz CT molecular complexity index is 445. The van der Waals surface area contributed by atoms with Crippen LogP contribution in [0.2, 0.25) is 0 Å². The molecule has 0 saturated carbocycles. The smallest absolute Gasteiger partial charge is 0.434 e. The van der Waals surface area contributed by atoms with E-state index >= 15 is 0 Å². The second-order valence-electron chi connectivity index (χ2n) is 3.29. The van der Waals surface area contributed by atoms with Crippen LogP contribution in [0.5, 0.6) is 0 Å². The van der Waals surface area contributed by atoms with Gasteiger partial charge in [0.25, 0.3) is 0 Å². The molecule has 0 radical (unpaired) electrons. The number of halogens is 3. The van der Waals surface area contributed by atoms with Gasteiger partial charge in [-0.1, -0.05) is 0 Å². The molecule has 1 rings (SSSR count). The van der Waals surface area contributed by atoms with Crippen LogP contribution < -0.4 is 5.32 Å². The predicted molar refractivity (Wildman–Crippen MR) is 55.8 cm³/mol. The lowest BCUT2D eigenvalue weighted by Gasteiger charge is -2.02. The van der Waals surface area contributed by atoms with Gasteiger partial charge in [0.15, 0.2) is 5.69 Å². The Hall–Kier alpha value is -1.64. The van der Waals surface area contributed by atoms with E-state index in [9.17, 15) is 22.8 Å². The van der Waals surface area contributed by atoms with E-state index in [1.807, 2.05) is 0 Å². The van der Waals surface area contributed by atoms with Crippen LogP contribution in [0.4, 0.5) is 13.2 Å². The van der Waals surface area contributed by atoms with E-state index < -0.39 is 23.7 Å². The van der Waals surface area contributed by atoms with Gasteiger partial charge in [-0.2, -0.15) is 13.2 Å². The number of alkyl halides is 3. The number of aliphatic carboxylic acids is 1. The summed E-state index contributed by atoms with van der Waals surface area (Å²) < 4.78 is 36.6. The number of nitrogens with zero attached hydrogens (tertiary/aromatic N) is 1. The molecule has 0 aliphatic rings. The molecule has 0 bridgehead atoms. The fourth-order valence-corrected chi connectivity index (χ4v) is 1.75. The maximum atomic E-state index is 12.2. The minimum absolute atomic E-state index is 0.117. The quantitative estimate of drug-likeness (QED) is 0.860. The number of aromatic nitrogens is 1. The molecule has 100 valence electrons. The van der Waals surface area contributed by atoms with Gasteiger partial charge in [-0.3, -0.25) is 9.59 Å². The molecule has 9 heteroatoms. The highest BCUT2D eigenvalue weighted by molar-refractivity contribution is 7.09. The van der Waals surface area contributed by atoms with E-state index in [1.165, 1.54) is 0 Å². The molecular formula is C9H9F3N2O3S. The molecule has 1 amide bonds. The molecule has 1 aromatic heterocycles. The monoisotopic (exact) mass is 282 g/mol. The fraction of sp³-hybridized carbons (Fsp3) is 0.444. The average molecular weight is 282 g/mol. The Kier molecular flexibility index (Phi) is 4.65. The largest absolute Gasteiger partial charge is 0.481 e. The summed E-state index contributed by atoms with van der Waals surface area (Å²) in [5, 5.41) is 11.6. The standard InChI is InChI=1S/C9H9F3N2O3S/c10-9(11,12)5-4-18-7(14-5)3-13-6(15)1-2-8(16)17/h4H,1-3H2,(H,13,15)(H,16,17). The molecule has 1 heterocycles. The third kappa shape index (κ3) is 4.70. The maximum absolute atomic E-state index is 12.2. The number of nitrogens with one attached hydrogen (secondary N) is 1. The van der Waals surface area contributed by atoms with Crippen molar-refractivity contribution in [3.63, 3.8) is 0 Å². The Balaban J connectivity index is 2.42. The van der Waals surface area contributed by atoms with E-state index in [1.54, 1.807) is 0 Å². The van der Waals surface area contributed by atoms with Gasteiger partial charge in [0.2, 0.25) is 5.91 Å². The highest BCUT2D eigenvalue weighted by Crippen LogP contribution is 2.29. The summed E-state index contributed by atoms with van der Waals surface area (Å²) in [5.74, 6) is -1.65. The van der Waals surface area contributed by atoms with Crippen molar-refractivity contribution in [3.8, 4) is 0 Å². The van der Waals surface area contributed by atoms with Crippen LogP contribution in [0.15, 0.2) is 5.38 Å². The van der Waals surface area contributed by atoms with Crippen LogP contribution in [0.1, 0.15) is 23.5 Å². The van der Waals surface area contributed by atoms with E-state index in [2.05, 4.69) is 10.3 Å². The summed E-state index contributed by atoms with van der Waals surface area (Å²) in [5.41, 5.74) is -0.998. The first-order chi connectivity index (χ1) is 8.29. The number of thiazole rings is 1. The summed E-state index contributed by atoms with van der Waals surface area (Å²) in [6.45, 7) is -0.140. The topological polar surface area (TPSA) is 79.3 Å². The Morgan fingerprint density at radius 1 is 1.39 bits per heavy atom. The van der Waals surface area contributed by atoms with Gasteiger partial charge < -0.3 is 10.4 Å². The van der Waals surface area contributed by atoms with Crippen molar-refractivity contribution in [1.29, 1.82) is 0 Å². The highest BCUT2D eigenvalue weighted by atomic mass is 32.1. The van der Waals surface area contributed by atoms with E-state index in [-0.39, 0.29) is 24.4 Å². The molecular weight excluding hydrogens is 273 g/mol. The van der Waals surface area contributed by atoms with Crippen molar-refractivity contribution >= 4 is 23.2 Å². The van der Waals surface area contributed by atoms with Gasteiger partial charge in [-0.05, 0) is 0 Å². The minimum atomic E-state index is -4.50. The van der Waals surface area contributed by atoms with Crippen LogP contribution in [-0.4, -0.2) is 22.0 Å². The minimum Gasteiger partial charge on any atom is -0.481 e. The molecule has 18 heavy (non-hydrogen) atoms. The summed E-state index contributed by atoms with van der Waals surface area (Å²) in [6.07, 6.45) is -5.04. The van der Waals surface area contributed by atoms with E-state index in [4.69, 9.17) is 5.11 Å². The number of hydrogen-bond acceptors (Lipinski definition) is 4. The summed E-state index contributed by atoms with van der Waals surface area (Å²) in [7, 11) is 0. The molecule has 0 aliphatic heterocycles. The molecule has 0 unspecified atom stereocenters. The fourth-order valence-electron chi connectivity index (χ4n) is 1.01. The number of rotatable bonds is 5. The molecule has 0 fully saturated rings. The number of carboxylic acid groups (broad SMARTS) is 1. The van der Waals surface area contributed by atoms with Crippen LogP contribution in [0.3, 0.4) is 0 Å². The first-order valence-electron chi connectivity index (χ1n) is 4.79. The van der Waals surface area contributed by atoms with Gasteiger partial charge in [-0.25, -0.2) is 4.98 Å². The molecule has 5 nitrogen and oxygen atoms in total. The molecule has 2 N–H and O–H groups in total. The summed E-state index contributed by atoms with van der Waals surface area (Å²) >= 11 is 0.781. The van der Waals surface area contributed by atoms with Crippen molar-refractivity contribution in [2.45, 2.75) is 25.6 Å². The van der Waals surface area contributed by atoms with Gasteiger partial charge in [-0.15, -0.1) is 11.3 Å². The molecule has 0 aliphatic carbocycles. The van der Waals surface area contributed by atoms with Crippen molar-refractivity contribution in [3.05, 3.63) is 16.1 Å². The number of carboxylic acids is 1. The van der Waals surface area contributed by atoms with Crippen molar-refractivity contribution in [2.24, 2.45) is 0 Å². The van der Waals surface area contributed by atoms with Crippen molar-refractivity contribution in [2.75, 3.05) is 0 Å².